The highest BCUT2D eigenvalue weighted by Gasteiger charge is 2.38. The minimum Gasteiger partial charge on any atom is -0.376 e. The lowest BCUT2D eigenvalue weighted by atomic mass is 9.74. The molecule has 0 heterocycles. The Morgan fingerprint density at radius 1 is 1.27 bits per heavy atom. The lowest BCUT2D eigenvalue weighted by Crippen LogP contribution is -2.50. The van der Waals surface area contributed by atoms with Crippen molar-refractivity contribution < 1.29 is 13.5 Å². The first-order valence-electron chi connectivity index (χ1n) is 11.8. The maximum Gasteiger partial charge on any atom is 0.123 e. The van der Waals surface area contributed by atoms with Gasteiger partial charge >= 0.3 is 0 Å². The van der Waals surface area contributed by atoms with Crippen molar-refractivity contribution >= 4 is 6.08 Å². The van der Waals surface area contributed by atoms with Gasteiger partial charge in [0.05, 0.1) is 6.10 Å². The Morgan fingerprint density at radius 3 is 2.67 bits per heavy atom. The number of alkyl halides is 1. The van der Waals surface area contributed by atoms with Gasteiger partial charge in [0, 0.05) is 19.2 Å². The fraction of sp³-hybridized carbons (Fsp3) is 0.692. The molecule has 0 spiro atoms. The molecular formula is C26H41F2NO. The highest BCUT2D eigenvalue weighted by atomic mass is 19.1. The van der Waals surface area contributed by atoms with E-state index in [0.717, 1.165) is 36.8 Å². The molecule has 2 nitrogen and oxygen atoms in total. The number of nitrogens with one attached hydrogen (secondary N) is 1. The second-order valence-corrected chi connectivity index (χ2v) is 9.26. The molecule has 0 aliphatic heterocycles. The molecule has 0 aromatic heterocycles. The third-order valence-electron chi connectivity index (χ3n) is 6.42. The lowest BCUT2D eigenvalue weighted by Gasteiger charge is -2.41. The Hall–Kier alpha value is -1.26. The SMILES string of the molecule is C=Cc1cc(F)ccc1CNC1CC(F)CC[C@@H](CCC)C(CC)C1OCC(C)C. The van der Waals surface area contributed by atoms with Crippen molar-refractivity contribution in [3.05, 3.63) is 41.7 Å². The largest absolute Gasteiger partial charge is 0.376 e. The zero-order chi connectivity index (χ0) is 22.1. The molecule has 170 valence electrons. The van der Waals surface area contributed by atoms with Crippen LogP contribution in [-0.4, -0.2) is 24.9 Å². The van der Waals surface area contributed by atoms with Crippen LogP contribution in [-0.2, 0) is 11.3 Å². The number of rotatable bonds is 10. The van der Waals surface area contributed by atoms with Gasteiger partial charge in [-0.25, -0.2) is 8.78 Å². The van der Waals surface area contributed by atoms with Crippen molar-refractivity contribution in [3.63, 3.8) is 0 Å². The van der Waals surface area contributed by atoms with Gasteiger partial charge in [-0.05, 0) is 60.3 Å². The highest BCUT2D eigenvalue weighted by Crippen LogP contribution is 2.36. The minimum atomic E-state index is -0.822. The molecule has 4 unspecified atom stereocenters. The van der Waals surface area contributed by atoms with Crippen LogP contribution in [0.25, 0.3) is 6.08 Å². The fourth-order valence-electron chi connectivity index (χ4n) is 4.90. The first kappa shape index (κ1) is 25.0. The maximum absolute atomic E-state index is 14.9. The van der Waals surface area contributed by atoms with E-state index in [9.17, 15) is 8.78 Å². The standard InChI is InChI=1S/C26H41F2NO/c1-6-9-20-10-12-23(28)15-25(26(24(20)8-3)30-17-18(4)5)29-16-21-11-13-22(27)14-19(21)7-2/h7,11,13-14,18,20,23-26,29H,2,6,8-10,12,15-17H2,1,3-5H3/t20-,23?,24?,25?,26?/m1/s1. The van der Waals surface area contributed by atoms with Gasteiger partial charge in [-0.2, -0.15) is 0 Å². The maximum atomic E-state index is 14.9. The third-order valence-corrected chi connectivity index (χ3v) is 6.42. The quantitative estimate of drug-likeness (QED) is 0.442. The van der Waals surface area contributed by atoms with E-state index in [2.05, 4.69) is 39.6 Å². The van der Waals surface area contributed by atoms with E-state index in [1.807, 2.05) is 0 Å². The number of benzene rings is 1. The average Bonchev–Trinajstić information content (AvgIpc) is 2.71. The normalized spacial score (nSPS) is 27.6. The number of halogens is 2. The van der Waals surface area contributed by atoms with Crippen LogP contribution >= 0.6 is 0 Å². The van der Waals surface area contributed by atoms with E-state index < -0.39 is 6.17 Å². The summed E-state index contributed by atoms with van der Waals surface area (Å²) in [4.78, 5) is 0. The highest BCUT2D eigenvalue weighted by molar-refractivity contribution is 5.51. The summed E-state index contributed by atoms with van der Waals surface area (Å²) >= 11 is 0. The van der Waals surface area contributed by atoms with Gasteiger partial charge in [0.25, 0.3) is 0 Å². The zero-order valence-corrected chi connectivity index (χ0v) is 19.3. The first-order valence-corrected chi connectivity index (χ1v) is 11.8. The summed E-state index contributed by atoms with van der Waals surface area (Å²) in [5.74, 6) is 1.08. The Balaban J connectivity index is 2.26. The summed E-state index contributed by atoms with van der Waals surface area (Å²) in [6, 6.07) is 4.69. The summed E-state index contributed by atoms with van der Waals surface area (Å²) < 4.78 is 34.9. The van der Waals surface area contributed by atoms with Crippen molar-refractivity contribution in [2.24, 2.45) is 17.8 Å². The van der Waals surface area contributed by atoms with E-state index in [1.165, 1.54) is 12.1 Å². The van der Waals surface area contributed by atoms with Crippen LogP contribution in [0, 0.1) is 23.6 Å². The fourth-order valence-corrected chi connectivity index (χ4v) is 4.90. The molecule has 1 aliphatic carbocycles. The Kier molecular flexibility index (Phi) is 10.5. The Bertz CT molecular complexity index is 648. The van der Waals surface area contributed by atoms with Crippen LogP contribution in [0.4, 0.5) is 8.78 Å². The Morgan fingerprint density at radius 2 is 2.03 bits per heavy atom. The van der Waals surface area contributed by atoms with Crippen molar-refractivity contribution in [2.75, 3.05) is 6.61 Å². The second-order valence-electron chi connectivity index (χ2n) is 9.26. The Labute approximate surface area is 182 Å². The topological polar surface area (TPSA) is 21.3 Å². The van der Waals surface area contributed by atoms with Crippen LogP contribution in [0.2, 0.25) is 0 Å². The van der Waals surface area contributed by atoms with E-state index in [4.69, 9.17) is 4.74 Å². The number of hydrogen-bond acceptors (Lipinski definition) is 2. The molecule has 2 rings (SSSR count). The van der Waals surface area contributed by atoms with Gasteiger partial charge in [0.1, 0.15) is 12.0 Å². The van der Waals surface area contributed by atoms with Gasteiger partial charge in [0.15, 0.2) is 0 Å². The molecule has 1 aliphatic rings. The molecule has 0 bridgehead atoms. The van der Waals surface area contributed by atoms with Crippen LogP contribution in [0.5, 0.6) is 0 Å². The molecule has 1 fully saturated rings. The number of ether oxygens (including phenoxy) is 1. The van der Waals surface area contributed by atoms with Crippen LogP contribution < -0.4 is 5.32 Å². The van der Waals surface area contributed by atoms with E-state index in [0.29, 0.717) is 43.7 Å². The molecule has 5 atom stereocenters. The first-order chi connectivity index (χ1) is 14.4. The van der Waals surface area contributed by atoms with Gasteiger partial charge < -0.3 is 10.1 Å². The molecule has 30 heavy (non-hydrogen) atoms. The summed E-state index contributed by atoms with van der Waals surface area (Å²) in [5.41, 5.74) is 1.75. The smallest absolute Gasteiger partial charge is 0.123 e. The van der Waals surface area contributed by atoms with Crippen LogP contribution in [0.3, 0.4) is 0 Å². The monoisotopic (exact) mass is 421 g/mol. The van der Waals surface area contributed by atoms with Gasteiger partial charge in [-0.3, -0.25) is 0 Å². The summed E-state index contributed by atoms with van der Waals surface area (Å²) in [6.45, 7) is 13.8. The molecule has 0 radical (unpaired) electrons. The molecule has 1 N–H and O–H groups in total. The van der Waals surface area contributed by atoms with Crippen molar-refractivity contribution in [3.8, 4) is 0 Å². The molecule has 1 aromatic rings. The molecule has 1 aromatic carbocycles. The second kappa shape index (κ2) is 12.6. The van der Waals surface area contributed by atoms with Crippen molar-refractivity contribution in [1.82, 2.24) is 5.32 Å². The zero-order valence-electron chi connectivity index (χ0n) is 19.3. The van der Waals surface area contributed by atoms with E-state index in [1.54, 1.807) is 12.1 Å². The molecule has 0 amide bonds. The molecular weight excluding hydrogens is 380 g/mol. The predicted octanol–water partition coefficient (Wildman–Crippen LogP) is 6.93. The summed E-state index contributed by atoms with van der Waals surface area (Å²) in [6.07, 6.45) is 6.15. The van der Waals surface area contributed by atoms with E-state index in [-0.39, 0.29) is 18.0 Å². The molecule has 0 saturated heterocycles. The van der Waals surface area contributed by atoms with Crippen LogP contribution in [0.15, 0.2) is 24.8 Å². The number of hydrogen-bond donors (Lipinski definition) is 1. The van der Waals surface area contributed by atoms with Crippen molar-refractivity contribution in [2.45, 2.75) is 91.1 Å². The average molecular weight is 422 g/mol. The molecule has 1 saturated carbocycles. The van der Waals surface area contributed by atoms with Gasteiger partial charge in [-0.1, -0.05) is 65.7 Å². The third kappa shape index (κ3) is 7.16. The predicted molar refractivity (Wildman–Crippen MR) is 123 cm³/mol. The summed E-state index contributed by atoms with van der Waals surface area (Å²) in [5, 5.41) is 3.60. The minimum absolute atomic E-state index is 0.0138. The van der Waals surface area contributed by atoms with E-state index >= 15 is 0 Å². The van der Waals surface area contributed by atoms with Gasteiger partial charge in [-0.15, -0.1) is 0 Å². The van der Waals surface area contributed by atoms with Crippen LogP contribution in [0.1, 0.15) is 77.3 Å². The lowest BCUT2D eigenvalue weighted by molar-refractivity contribution is -0.0584. The van der Waals surface area contributed by atoms with Gasteiger partial charge in [0.2, 0.25) is 0 Å². The summed E-state index contributed by atoms with van der Waals surface area (Å²) in [7, 11) is 0. The molecule has 4 heteroatoms. The van der Waals surface area contributed by atoms with Crippen molar-refractivity contribution in [1.29, 1.82) is 0 Å².